The summed E-state index contributed by atoms with van der Waals surface area (Å²) in [5.74, 6) is -0.241. The normalized spacial score (nSPS) is 20.0. The fourth-order valence-corrected chi connectivity index (χ4v) is 0.917. The van der Waals surface area contributed by atoms with E-state index in [1.54, 1.807) is 0 Å². The molecular formula is C8H14O3. The van der Waals surface area contributed by atoms with Gasteiger partial charge < -0.3 is 9.84 Å². The topological polar surface area (TPSA) is 46.5 Å². The lowest BCUT2D eigenvalue weighted by Gasteiger charge is -2.13. The van der Waals surface area contributed by atoms with Crippen molar-refractivity contribution in [1.82, 2.24) is 0 Å². The summed E-state index contributed by atoms with van der Waals surface area (Å²) in [4.78, 5) is 11.2. The van der Waals surface area contributed by atoms with Crippen molar-refractivity contribution in [2.75, 3.05) is 6.61 Å². The van der Waals surface area contributed by atoms with Crippen LogP contribution in [0.1, 0.15) is 26.7 Å². The molecular weight excluding hydrogens is 144 g/mol. The van der Waals surface area contributed by atoms with Crippen LogP contribution in [-0.4, -0.2) is 23.8 Å². The maximum absolute atomic E-state index is 11.2. The van der Waals surface area contributed by atoms with E-state index in [0.29, 0.717) is 0 Å². The lowest BCUT2D eigenvalue weighted by atomic mass is 10.1. The summed E-state index contributed by atoms with van der Waals surface area (Å²) in [5, 5.41) is 8.84. The zero-order chi connectivity index (χ0) is 8.48. The summed E-state index contributed by atoms with van der Waals surface area (Å²) in [5.41, 5.74) is -0.524. The molecule has 0 heterocycles. The van der Waals surface area contributed by atoms with Crippen molar-refractivity contribution >= 4 is 5.97 Å². The van der Waals surface area contributed by atoms with Gasteiger partial charge in [-0.25, -0.2) is 0 Å². The molecule has 3 nitrogen and oxygen atoms in total. The summed E-state index contributed by atoms with van der Waals surface area (Å²) in [6.45, 7) is 3.55. The van der Waals surface area contributed by atoms with Gasteiger partial charge in [0.25, 0.3) is 0 Å². The molecule has 1 fully saturated rings. The standard InChI is InChI=1S/C8H14O3/c1-6(2)11-7(10)8(5-9)3-4-8/h6,9H,3-5H2,1-2H3. The largest absolute Gasteiger partial charge is 0.462 e. The van der Waals surface area contributed by atoms with Crippen molar-refractivity contribution < 1.29 is 14.6 Å². The molecule has 1 rings (SSSR count). The maximum Gasteiger partial charge on any atom is 0.314 e. The second-order valence-electron chi connectivity index (χ2n) is 3.39. The molecule has 0 aromatic heterocycles. The molecule has 1 aliphatic carbocycles. The number of rotatable bonds is 3. The highest BCUT2D eigenvalue weighted by molar-refractivity contribution is 5.80. The number of esters is 1. The van der Waals surface area contributed by atoms with E-state index in [1.165, 1.54) is 0 Å². The van der Waals surface area contributed by atoms with Gasteiger partial charge in [0, 0.05) is 0 Å². The highest BCUT2D eigenvalue weighted by Crippen LogP contribution is 2.46. The van der Waals surface area contributed by atoms with Crippen LogP contribution in [0.2, 0.25) is 0 Å². The van der Waals surface area contributed by atoms with Crippen LogP contribution in [0, 0.1) is 5.41 Å². The number of aliphatic hydroxyl groups excluding tert-OH is 1. The minimum Gasteiger partial charge on any atom is -0.462 e. The molecule has 0 spiro atoms. The molecule has 3 heteroatoms. The Morgan fingerprint density at radius 3 is 2.45 bits per heavy atom. The van der Waals surface area contributed by atoms with Gasteiger partial charge >= 0.3 is 5.97 Å². The lowest BCUT2D eigenvalue weighted by molar-refractivity contribution is -0.155. The van der Waals surface area contributed by atoms with Crippen LogP contribution in [0.5, 0.6) is 0 Å². The van der Waals surface area contributed by atoms with Crippen LogP contribution < -0.4 is 0 Å². The minimum absolute atomic E-state index is 0.0709. The molecule has 0 radical (unpaired) electrons. The third kappa shape index (κ3) is 1.71. The summed E-state index contributed by atoms with van der Waals surface area (Å²) in [7, 11) is 0. The van der Waals surface area contributed by atoms with Crippen LogP contribution >= 0.6 is 0 Å². The molecule has 11 heavy (non-hydrogen) atoms. The predicted molar refractivity (Wildman–Crippen MR) is 40.0 cm³/mol. The Kier molecular flexibility index (Phi) is 2.18. The van der Waals surface area contributed by atoms with Crippen LogP contribution in [0.3, 0.4) is 0 Å². The van der Waals surface area contributed by atoms with Crippen LogP contribution in [0.25, 0.3) is 0 Å². The Bertz CT molecular complexity index is 159. The number of hydrogen-bond donors (Lipinski definition) is 1. The Labute approximate surface area is 66.4 Å². The monoisotopic (exact) mass is 158 g/mol. The zero-order valence-electron chi connectivity index (χ0n) is 6.96. The highest BCUT2D eigenvalue weighted by Gasteiger charge is 2.51. The van der Waals surface area contributed by atoms with Gasteiger partial charge in [0.15, 0.2) is 0 Å². The molecule has 0 unspecified atom stereocenters. The van der Waals surface area contributed by atoms with E-state index < -0.39 is 5.41 Å². The number of ether oxygens (including phenoxy) is 1. The minimum atomic E-state index is -0.524. The van der Waals surface area contributed by atoms with Crippen molar-refractivity contribution in [1.29, 1.82) is 0 Å². The quantitative estimate of drug-likeness (QED) is 0.615. The van der Waals surface area contributed by atoms with Crippen molar-refractivity contribution in [2.45, 2.75) is 32.8 Å². The molecule has 0 bridgehead atoms. The molecule has 0 atom stereocenters. The number of aliphatic hydroxyl groups is 1. The first kappa shape index (κ1) is 8.53. The molecule has 1 N–H and O–H groups in total. The fourth-order valence-electron chi connectivity index (χ4n) is 0.917. The van der Waals surface area contributed by atoms with E-state index in [-0.39, 0.29) is 18.7 Å². The van der Waals surface area contributed by atoms with Gasteiger partial charge in [-0.3, -0.25) is 4.79 Å². The van der Waals surface area contributed by atoms with E-state index in [0.717, 1.165) is 12.8 Å². The second-order valence-corrected chi connectivity index (χ2v) is 3.39. The van der Waals surface area contributed by atoms with Gasteiger partial charge in [-0.15, -0.1) is 0 Å². The first-order valence-corrected chi connectivity index (χ1v) is 3.93. The fraction of sp³-hybridized carbons (Fsp3) is 0.875. The van der Waals surface area contributed by atoms with Gasteiger partial charge in [0.2, 0.25) is 0 Å². The van der Waals surface area contributed by atoms with Gasteiger partial charge in [-0.2, -0.15) is 0 Å². The molecule has 0 amide bonds. The van der Waals surface area contributed by atoms with Crippen molar-refractivity contribution in [3.05, 3.63) is 0 Å². The molecule has 0 aliphatic heterocycles. The molecule has 1 aliphatic rings. The van der Waals surface area contributed by atoms with Gasteiger partial charge in [-0.05, 0) is 26.7 Å². The Balaban J connectivity index is 2.41. The van der Waals surface area contributed by atoms with Gasteiger partial charge in [-0.1, -0.05) is 0 Å². The average Bonchev–Trinajstić information content (AvgIpc) is 2.65. The highest BCUT2D eigenvalue weighted by atomic mass is 16.5. The molecule has 64 valence electrons. The van der Waals surface area contributed by atoms with E-state index in [4.69, 9.17) is 9.84 Å². The van der Waals surface area contributed by atoms with E-state index in [2.05, 4.69) is 0 Å². The number of carbonyl (C=O) groups is 1. The summed E-state index contributed by atoms with van der Waals surface area (Å²) < 4.78 is 4.97. The lowest BCUT2D eigenvalue weighted by Crippen LogP contribution is -2.25. The molecule has 0 saturated heterocycles. The molecule has 1 saturated carbocycles. The molecule has 0 aromatic carbocycles. The summed E-state index contributed by atoms with van der Waals surface area (Å²) in [6, 6.07) is 0. The predicted octanol–water partition coefficient (Wildman–Crippen LogP) is 0.710. The van der Waals surface area contributed by atoms with Gasteiger partial charge in [0.05, 0.1) is 18.1 Å². The van der Waals surface area contributed by atoms with Crippen molar-refractivity contribution in [2.24, 2.45) is 5.41 Å². The van der Waals surface area contributed by atoms with Crippen LogP contribution in [-0.2, 0) is 9.53 Å². The third-order valence-electron chi connectivity index (χ3n) is 1.93. The van der Waals surface area contributed by atoms with Gasteiger partial charge in [0.1, 0.15) is 0 Å². The SMILES string of the molecule is CC(C)OC(=O)C1(CO)CC1. The van der Waals surface area contributed by atoms with E-state index in [9.17, 15) is 4.79 Å². The first-order chi connectivity index (χ1) is 5.10. The van der Waals surface area contributed by atoms with Crippen molar-refractivity contribution in [3.8, 4) is 0 Å². The Hall–Kier alpha value is -0.570. The van der Waals surface area contributed by atoms with E-state index >= 15 is 0 Å². The van der Waals surface area contributed by atoms with Crippen LogP contribution in [0.4, 0.5) is 0 Å². The smallest absolute Gasteiger partial charge is 0.314 e. The Morgan fingerprint density at radius 2 is 2.18 bits per heavy atom. The summed E-state index contributed by atoms with van der Waals surface area (Å²) >= 11 is 0. The van der Waals surface area contributed by atoms with Crippen LogP contribution in [0.15, 0.2) is 0 Å². The third-order valence-corrected chi connectivity index (χ3v) is 1.93. The first-order valence-electron chi connectivity index (χ1n) is 3.93. The second kappa shape index (κ2) is 2.81. The number of hydrogen-bond acceptors (Lipinski definition) is 3. The maximum atomic E-state index is 11.2. The number of carbonyl (C=O) groups excluding carboxylic acids is 1. The average molecular weight is 158 g/mol. The summed E-state index contributed by atoms with van der Waals surface area (Å²) in [6.07, 6.45) is 1.47. The zero-order valence-corrected chi connectivity index (χ0v) is 6.96. The Morgan fingerprint density at radius 1 is 1.64 bits per heavy atom. The molecule has 0 aromatic rings. The van der Waals surface area contributed by atoms with E-state index in [1.807, 2.05) is 13.8 Å². The van der Waals surface area contributed by atoms with Crippen molar-refractivity contribution in [3.63, 3.8) is 0 Å².